The molecule has 1 N–H and O–H groups in total. The molecular formula is C21H17BrN2O4S. The van der Waals surface area contributed by atoms with Gasteiger partial charge in [-0.05, 0) is 48.9 Å². The van der Waals surface area contributed by atoms with Crippen LogP contribution in [0.5, 0.6) is 5.75 Å². The molecule has 6 nitrogen and oxygen atoms in total. The average Bonchev–Trinajstić information content (AvgIpc) is 2.71. The SMILES string of the molecule is Cc1ccccc1C(=O)Oc1ccc(Br)cc1/C=N\NS(=O)(=O)c1ccccc1. The van der Waals surface area contributed by atoms with Gasteiger partial charge in [0.25, 0.3) is 10.0 Å². The van der Waals surface area contributed by atoms with Gasteiger partial charge >= 0.3 is 5.97 Å². The summed E-state index contributed by atoms with van der Waals surface area (Å²) in [5.74, 6) is -0.256. The molecule has 3 aromatic carbocycles. The van der Waals surface area contributed by atoms with Gasteiger partial charge in [0.1, 0.15) is 5.75 Å². The number of hydrogen-bond acceptors (Lipinski definition) is 5. The minimum absolute atomic E-state index is 0.0950. The Morgan fingerprint density at radius 3 is 2.45 bits per heavy atom. The number of nitrogens with zero attached hydrogens (tertiary/aromatic N) is 1. The van der Waals surface area contributed by atoms with Gasteiger partial charge in [0.2, 0.25) is 0 Å². The molecule has 3 aromatic rings. The molecule has 0 fully saturated rings. The zero-order chi connectivity index (χ0) is 20.9. The Labute approximate surface area is 177 Å². The van der Waals surface area contributed by atoms with E-state index in [1.807, 2.05) is 19.1 Å². The normalized spacial score (nSPS) is 11.4. The predicted molar refractivity (Wildman–Crippen MR) is 115 cm³/mol. The molecule has 0 saturated carbocycles. The maximum atomic E-state index is 12.5. The number of hydrogen-bond donors (Lipinski definition) is 1. The Kier molecular flexibility index (Phi) is 6.46. The highest BCUT2D eigenvalue weighted by atomic mass is 79.9. The molecule has 3 rings (SSSR count). The Balaban J connectivity index is 1.81. The van der Waals surface area contributed by atoms with Crippen LogP contribution in [0.1, 0.15) is 21.5 Å². The van der Waals surface area contributed by atoms with E-state index in [0.29, 0.717) is 11.1 Å². The molecule has 0 heterocycles. The van der Waals surface area contributed by atoms with Crippen molar-refractivity contribution in [1.82, 2.24) is 4.83 Å². The molecule has 0 atom stereocenters. The number of sulfonamides is 1. The van der Waals surface area contributed by atoms with E-state index in [9.17, 15) is 13.2 Å². The number of benzene rings is 3. The fourth-order valence-electron chi connectivity index (χ4n) is 2.49. The molecule has 0 aliphatic carbocycles. The second kappa shape index (κ2) is 9.02. The maximum Gasteiger partial charge on any atom is 0.343 e. The quantitative estimate of drug-likeness (QED) is 0.251. The van der Waals surface area contributed by atoms with Crippen LogP contribution < -0.4 is 9.57 Å². The first-order valence-corrected chi connectivity index (χ1v) is 10.8. The van der Waals surface area contributed by atoms with Crippen LogP contribution in [0.4, 0.5) is 0 Å². The first-order valence-electron chi connectivity index (χ1n) is 8.54. The summed E-state index contributed by atoms with van der Waals surface area (Å²) in [6.45, 7) is 1.82. The number of carbonyl (C=O) groups excluding carboxylic acids is 1. The number of rotatable bonds is 6. The van der Waals surface area contributed by atoms with Crippen molar-refractivity contribution in [2.75, 3.05) is 0 Å². The fourth-order valence-corrected chi connectivity index (χ4v) is 3.68. The molecule has 0 bridgehead atoms. The van der Waals surface area contributed by atoms with E-state index in [0.717, 1.165) is 10.0 Å². The van der Waals surface area contributed by atoms with E-state index < -0.39 is 16.0 Å². The van der Waals surface area contributed by atoms with Gasteiger partial charge in [-0.2, -0.15) is 13.5 Å². The van der Waals surface area contributed by atoms with Crippen LogP contribution in [-0.4, -0.2) is 20.6 Å². The summed E-state index contributed by atoms with van der Waals surface area (Å²) in [5.41, 5.74) is 1.67. The van der Waals surface area contributed by atoms with Crippen LogP contribution in [0.3, 0.4) is 0 Å². The summed E-state index contributed by atoms with van der Waals surface area (Å²) < 4.78 is 30.7. The summed E-state index contributed by atoms with van der Waals surface area (Å²) in [5, 5.41) is 3.81. The highest BCUT2D eigenvalue weighted by molar-refractivity contribution is 9.10. The van der Waals surface area contributed by atoms with Crippen LogP contribution in [0.25, 0.3) is 0 Å². The zero-order valence-corrected chi connectivity index (χ0v) is 17.8. The summed E-state index contributed by atoms with van der Waals surface area (Å²) in [7, 11) is -3.79. The van der Waals surface area contributed by atoms with Gasteiger partial charge in [-0.25, -0.2) is 9.63 Å². The lowest BCUT2D eigenvalue weighted by Crippen LogP contribution is -2.18. The molecule has 0 spiro atoms. The van der Waals surface area contributed by atoms with Gasteiger partial charge in [0, 0.05) is 10.0 Å². The van der Waals surface area contributed by atoms with Crippen LogP contribution >= 0.6 is 15.9 Å². The third-order valence-electron chi connectivity index (χ3n) is 3.97. The van der Waals surface area contributed by atoms with Crippen molar-refractivity contribution in [2.24, 2.45) is 5.10 Å². The van der Waals surface area contributed by atoms with Gasteiger partial charge in [-0.3, -0.25) is 0 Å². The highest BCUT2D eigenvalue weighted by Crippen LogP contribution is 2.23. The summed E-state index contributed by atoms with van der Waals surface area (Å²) in [6.07, 6.45) is 1.28. The summed E-state index contributed by atoms with van der Waals surface area (Å²) in [6, 6.07) is 20.0. The minimum Gasteiger partial charge on any atom is -0.422 e. The van der Waals surface area contributed by atoms with Crippen LogP contribution in [-0.2, 0) is 10.0 Å². The summed E-state index contributed by atoms with van der Waals surface area (Å²) in [4.78, 5) is 14.7. The Bertz CT molecular complexity index is 1160. The van der Waals surface area contributed by atoms with Crippen molar-refractivity contribution in [3.8, 4) is 5.75 Å². The molecule has 29 heavy (non-hydrogen) atoms. The van der Waals surface area contributed by atoms with Crippen LogP contribution in [0.2, 0.25) is 0 Å². The van der Waals surface area contributed by atoms with Gasteiger partial charge in [-0.1, -0.05) is 52.3 Å². The largest absolute Gasteiger partial charge is 0.422 e. The average molecular weight is 473 g/mol. The lowest BCUT2D eigenvalue weighted by molar-refractivity contribution is 0.0733. The van der Waals surface area contributed by atoms with Crippen LogP contribution in [0.15, 0.2) is 87.3 Å². The maximum absolute atomic E-state index is 12.5. The lowest BCUT2D eigenvalue weighted by atomic mass is 10.1. The number of halogens is 1. The number of aryl methyl sites for hydroxylation is 1. The third-order valence-corrected chi connectivity index (χ3v) is 5.70. The van der Waals surface area contributed by atoms with E-state index in [1.54, 1.807) is 48.5 Å². The second-order valence-corrected chi connectivity index (χ2v) is 8.63. The second-order valence-electron chi connectivity index (χ2n) is 6.05. The first-order chi connectivity index (χ1) is 13.9. The van der Waals surface area contributed by atoms with Crippen molar-refractivity contribution >= 4 is 38.1 Å². The van der Waals surface area contributed by atoms with Crippen LogP contribution in [0, 0.1) is 6.92 Å². The van der Waals surface area contributed by atoms with Crippen molar-refractivity contribution in [3.63, 3.8) is 0 Å². The van der Waals surface area contributed by atoms with E-state index in [-0.39, 0.29) is 10.6 Å². The van der Waals surface area contributed by atoms with Gasteiger partial charge in [0.15, 0.2) is 0 Å². The summed E-state index contributed by atoms with van der Waals surface area (Å²) >= 11 is 3.35. The fraction of sp³-hybridized carbons (Fsp3) is 0.0476. The smallest absolute Gasteiger partial charge is 0.343 e. The Morgan fingerprint density at radius 2 is 1.72 bits per heavy atom. The van der Waals surface area contributed by atoms with Gasteiger partial charge in [-0.15, -0.1) is 0 Å². The molecule has 0 saturated heterocycles. The molecule has 0 amide bonds. The first kappa shape index (κ1) is 20.8. The van der Waals surface area contributed by atoms with Crippen molar-refractivity contribution in [3.05, 3.63) is 94.0 Å². The number of carbonyl (C=O) groups is 1. The molecule has 0 unspecified atom stereocenters. The van der Waals surface area contributed by atoms with E-state index >= 15 is 0 Å². The zero-order valence-electron chi connectivity index (χ0n) is 15.4. The number of esters is 1. The molecule has 8 heteroatoms. The predicted octanol–water partition coefficient (Wildman–Crippen LogP) is 4.29. The van der Waals surface area contributed by atoms with Crippen molar-refractivity contribution in [2.45, 2.75) is 11.8 Å². The van der Waals surface area contributed by atoms with E-state index in [1.165, 1.54) is 18.3 Å². The highest BCUT2D eigenvalue weighted by Gasteiger charge is 2.14. The molecular weight excluding hydrogens is 456 g/mol. The third kappa shape index (κ3) is 5.30. The van der Waals surface area contributed by atoms with Gasteiger partial charge in [0.05, 0.1) is 16.7 Å². The monoisotopic (exact) mass is 472 g/mol. The number of ether oxygens (including phenoxy) is 1. The molecule has 0 aliphatic heterocycles. The van der Waals surface area contributed by atoms with Crippen molar-refractivity contribution < 1.29 is 17.9 Å². The molecule has 0 aliphatic rings. The van der Waals surface area contributed by atoms with E-state index in [4.69, 9.17) is 4.74 Å². The number of nitrogens with one attached hydrogen (secondary N) is 1. The molecule has 148 valence electrons. The minimum atomic E-state index is -3.79. The Morgan fingerprint density at radius 1 is 1.03 bits per heavy atom. The Hall–Kier alpha value is -2.97. The topological polar surface area (TPSA) is 84.8 Å². The molecule has 0 radical (unpaired) electrons. The molecule has 0 aromatic heterocycles. The standard InChI is InChI=1S/C21H17BrN2O4S/c1-15-7-5-6-10-19(15)21(25)28-20-12-11-17(22)13-16(20)14-23-24-29(26,27)18-8-3-2-4-9-18/h2-14,24H,1H3/b23-14-. The lowest BCUT2D eigenvalue weighted by Gasteiger charge is -2.09. The van der Waals surface area contributed by atoms with Crippen molar-refractivity contribution in [1.29, 1.82) is 0 Å². The number of hydrazone groups is 1. The van der Waals surface area contributed by atoms with E-state index in [2.05, 4.69) is 25.9 Å². The van der Waals surface area contributed by atoms with Gasteiger partial charge < -0.3 is 4.74 Å².